The van der Waals surface area contributed by atoms with Crippen molar-refractivity contribution in [2.45, 2.75) is 26.2 Å². The summed E-state index contributed by atoms with van der Waals surface area (Å²) in [6.45, 7) is 2.15. The highest BCUT2D eigenvalue weighted by atomic mass is 35.5. The van der Waals surface area contributed by atoms with E-state index in [2.05, 4.69) is 6.92 Å². The average Bonchev–Trinajstić information content (AvgIpc) is 2.67. The molecule has 1 nitrogen and oxygen atoms in total. The minimum Gasteiger partial charge on any atom is -0.298 e. The molecule has 0 aromatic carbocycles. The summed E-state index contributed by atoms with van der Waals surface area (Å²) in [4.78, 5) is 10.9. The van der Waals surface area contributed by atoms with Crippen LogP contribution in [0.3, 0.4) is 0 Å². The molecule has 0 saturated heterocycles. The number of halogens is 1. The fraction of sp³-hybridized carbons (Fsp3) is 0.875. The van der Waals surface area contributed by atoms with E-state index in [0.29, 0.717) is 11.8 Å². The maximum Gasteiger partial charge on any atom is 0.150 e. The van der Waals surface area contributed by atoms with Crippen molar-refractivity contribution in [2.24, 2.45) is 11.8 Å². The number of alkyl halides is 1. The van der Waals surface area contributed by atoms with E-state index in [4.69, 9.17) is 11.6 Å². The molecular weight excluding hydrogens is 148 g/mol. The minimum absolute atomic E-state index is 0.213. The Kier molecular flexibility index (Phi) is 2.72. The maximum absolute atomic E-state index is 10.9. The van der Waals surface area contributed by atoms with Crippen LogP contribution >= 0.6 is 11.6 Å². The van der Waals surface area contributed by atoms with Gasteiger partial charge in [-0.05, 0) is 18.8 Å². The van der Waals surface area contributed by atoms with Crippen molar-refractivity contribution in [3.63, 3.8) is 0 Å². The highest BCUT2D eigenvalue weighted by Crippen LogP contribution is 2.42. The number of ketones is 1. The van der Waals surface area contributed by atoms with Gasteiger partial charge >= 0.3 is 0 Å². The van der Waals surface area contributed by atoms with Gasteiger partial charge < -0.3 is 0 Å². The van der Waals surface area contributed by atoms with Crippen LogP contribution in [0.1, 0.15) is 26.2 Å². The summed E-state index contributed by atoms with van der Waals surface area (Å²) < 4.78 is 0. The third-order valence-corrected chi connectivity index (χ3v) is 2.39. The van der Waals surface area contributed by atoms with E-state index >= 15 is 0 Å². The predicted octanol–water partition coefficient (Wildman–Crippen LogP) is 2.23. The molecule has 1 saturated carbocycles. The molecule has 0 bridgehead atoms. The van der Waals surface area contributed by atoms with E-state index in [1.807, 2.05) is 0 Å². The summed E-state index contributed by atoms with van der Waals surface area (Å²) in [6, 6.07) is 0. The lowest BCUT2D eigenvalue weighted by Crippen LogP contribution is -2.03. The van der Waals surface area contributed by atoms with Gasteiger partial charge in [0.1, 0.15) is 0 Å². The molecule has 0 aliphatic heterocycles. The lowest BCUT2D eigenvalue weighted by Gasteiger charge is -1.92. The molecule has 10 heavy (non-hydrogen) atoms. The Hall–Kier alpha value is -0.0400. The van der Waals surface area contributed by atoms with E-state index in [1.54, 1.807) is 0 Å². The largest absolute Gasteiger partial charge is 0.298 e. The Morgan fingerprint density at radius 2 is 2.40 bits per heavy atom. The topological polar surface area (TPSA) is 17.1 Å². The van der Waals surface area contributed by atoms with Gasteiger partial charge in [-0.2, -0.15) is 0 Å². The molecule has 2 atom stereocenters. The number of hydrogen-bond acceptors (Lipinski definition) is 1. The standard InChI is InChI=1S/C8H13ClO/c1-2-3-6-4-7(6)8(10)5-9/h6-7H,2-5H2,1H3/t6-,7-/m1/s1. The van der Waals surface area contributed by atoms with Gasteiger partial charge in [-0.25, -0.2) is 0 Å². The third-order valence-electron chi connectivity index (χ3n) is 2.13. The molecule has 1 aliphatic rings. The lowest BCUT2D eigenvalue weighted by molar-refractivity contribution is -0.118. The number of Topliss-reactive ketones (excluding diaryl/α,β-unsaturated/α-hetero) is 1. The van der Waals surface area contributed by atoms with E-state index < -0.39 is 0 Å². The van der Waals surface area contributed by atoms with Gasteiger partial charge in [0, 0.05) is 5.92 Å². The molecule has 2 heteroatoms. The number of rotatable bonds is 4. The zero-order valence-electron chi connectivity index (χ0n) is 6.27. The van der Waals surface area contributed by atoms with Gasteiger partial charge in [0.25, 0.3) is 0 Å². The van der Waals surface area contributed by atoms with Crippen molar-refractivity contribution in [3.05, 3.63) is 0 Å². The number of hydrogen-bond donors (Lipinski definition) is 0. The summed E-state index contributed by atoms with van der Waals surface area (Å²) in [5, 5.41) is 0. The van der Waals surface area contributed by atoms with Crippen LogP contribution in [-0.2, 0) is 4.79 Å². The highest BCUT2D eigenvalue weighted by molar-refractivity contribution is 6.28. The Morgan fingerprint density at radius 1 is 1.70 bits per heavy atom. The normalized spacial score (nSPS) is 30.2. The van der Waals surface area contributed by atoms with Crippen LogP contribution in [0, 0.1) is 11.8 Å². The van der Waals surface area contributed by atoms with Crippen molar-refractivity contribution in [1.29, 1.82) is 0 Å². The lowest BCUT2D eigenvalue weighted by atomic mass is 10.2. The molecule has 0 radical (unpaired) electrons. The fourth-order valence-electron chi connectivity index (χ4n) is 1.43. The molecule has 0 amide bonds. The van der Waals surface area contributed by atoms with E-state index in [9.17, 15) is 4.79 Å². The second-order valence-electron chi connectivity index (χ2n) is 2.99. The summed E-state index contributed by atoms with van der Waals surface area (Å²) >= 11 is 5.40. The second kappa shape index (κ2) is 3.38. The van der Waals surface area contributed by atoms with Gasteiger partial charge in [0.05, 0.1) is 5.88 Å². The first-order valence-electron chi connectivity index (χ1n) is 3.88. The smallest absolute Gasteiger partial charge is 0.150 e. The average molecular weight is 161 g/mol. The van der Waals surface area contributed by atoms with E-state index in [-0.39, 0.29) is 11.7 Å². The first kappa shape index (κ1) is 8.06. The van der Waals surface area contributed by atoms with Crippen LogP contribution in [0.15, 0.2) is 0 Å². The Labute approximate surface area is 66.8 Å². The highest BCUT2D eigenvalue weighted by Gasteiger charge is 2.40. The van der Waals surface area contributed by atoms with Crippen LogP contribution in [0.4, 0.5) is 0 Å². The minimum atomic E-state index is 0.213. The van der Waals surface area contributed by atoms with Crippen LogP contribution in [0.25, 0.3) is 0 Å². The molecule has 1 fully saturated rings. The molecule has 0 aromatic rings. The Bertz CT molecular complexity index is 133. The first-order chi connectivity index (χ1) is 4.79. The molecule has 0 aromatic heterocycles. The van der Waals surface area contributed by atoms with Gasteiger partial charge in [-0.1, -0.05) is 13.3 Å². The van der Waals surface area contributed by atoms with E-state index in [1.165, 1.54) is 12.8 Å². The number of carbonyl (C=O) groups excluding carboxylic acids is 1. The van der Waals surface area contributed by atoms with Gasteiger partial charge in [0.2, 0.25) is 0 Å². The summed E-state index contributed by atoms with van der Waals surface area (Å²) in [5.74, 6) is 1.47. The van der Waals surface area contributed by atoms with Crippen molar-refractivity contribution in [2.75, 3.05) is 5.88 Å². The molecule has 58 valence electrons. The summed E-state index contributed by atoms with van der Waals surface area (Å²) in [6.07, 6.45) is 3.49. The van der Waals surface area contributed by atoms with E-state index in [0.717, 1.165) is 6.42 Å². The predicted molar refractivity (Wildman–Crippen MR) is 42.2 cm³/mol. The first-order valence-corrected chi connectivity index (χ1v) is 4.41. The van der Waals surface area contributed by atoms with Crippen LogP contribution in [0.5, 0.6) is 0 Å². The molecule has 1 rings (SSSR count). The zero-order chi connectivity index (χ0) is 7.56. The van der Waals surface area contributed by atoms with Crippen molar-refractivity contribution in [3.8, 4) is 0 Å². The van der Waals surface area contributed by atoms with Gasteiger partial charge in [-0.15, -0.1) is 11.6 Å². The van der Waals surface area contributed by atoms with Crippen LogP contribution in [-0.4, -0.2) is 11.7 Å². The second-order valence-corrected chi connectivity index (χ2v) is 3.26. The summed E-state index contributed by atoms with van der Waals surface area (Å²) in [7, 11) is 0. The monoisotopic (exact) mass is 160 g/mol. The zero-order valence-corrected chi connectivity index (χ0v) is 7.03. The molecular formula is C8H13ClO. The van der Waals surface area contributed by atoms with Crippen molar-refractivity contribution >= 4 is 17.4 Å². The molecule has 0 unspecified atom stereocenters. The van der Waals surface area contributed by atoms with Gasteiger partial charge in [0.15, 0.2) is 5.78 Å². The Balaban J connectivity index is 2.18. The third kappa shape index (κ3) is 1.72. The quantitative estimate of drug-likeness (QED) is 0.577. The Morgan fingerprint density at radius 3 is 2.90 bits per heavy atom. The van der Waals surface area contributed by atoms with Crippen LogP contribution in [0.2, 0.25) is 0 Å². The molecule has 0 N–H and O–H groups in total. The molecule has 1 aliphatic carbocycles. The van der Waals surface area contributed by atoms with Crippen LogP contribution < -0.4 is 0 Å². The summed E-state index contributed by atoms with van der Waals surface area (Å²) in [5.41, 5.74) is 0. The SMILES string of the molecule is CCC[C@@H]1C[C@H]1C(=O)CCl. The van der Waals surface area contributed by atoms with Crippen molar-refractivity contribution < 1.29 is 4.79 Å². The fourth-order valence-corrected chi connectivity index (χ4v) is 1.63. The number of carbonyl (C=O) groups is 1. The van der Waals surface area contributed by atoms with Gasteiger partial charge in [-0.3, -0.25) is 4.79 Å². The molecule has 0 spiro atoms. The maximum atomic E-state index is 10.9. The van der Waals surface area contributed by atoms with Crippen molar-refractivity contribution in [1.82, 2.24) is 0 Å². The molecule has 0 heterocycles.